The highest BCUT2D eigenvalue weighted by atomic mass is 32.2. The van der Waals surface area contributed by atoms with Gasteiger partial charge < -0.3 is 5.32 Å². The van der Waals surface area contributed by atoms with E-state index in [2.05, 4.69) is 60.8 Å². The molecule has 18 heavy (non-hydrogen) atoms. The van der Waals surface area contributed by atoms with Gasteiger partial charge in [0.2, 0.25) is 0 Å². The maximum atomic E-state index is 3.55. The number of fused-ring (bicyclic) bond motifs is 1. The van der Waals surface area contributed by atoms with E-state index in [4.69, 9.17) is 0 Å². The van der Waals surface area contributed by atoms with E-state index in [0.717, 1.165) is 6.54 Å². The molecule has 2 heteroatoms. The molecular weight excluding hydrogens is 238 g/mol. The van der Waals surface area contributed by atoms with Crippen molar-refractivity contribution in [1.82, 2.24) is 0 Å². The SMILES string of the molecule is Cc1cccc(NCC2CSc3ccccc32)c1. The Labute approximate surface area is 113 Å². The Bertz CT molecular complexity index is 550. The molecule has 1 heterocycles. The lowest BCUT2D eigenvalue weighted by Gasteiger charge is -2.13. The van der Waals surface area contributed by atoms with Crippen LogP contribution in [0.15, 0.2) is 53.4 Å². The third-order valence-electron chi connectivity index (χ3n) is 3.37. The van der Waals surface area contributed by atoms with E-state index in [1.807, 2.05) is 11.8 Å². The van der Waals surface area contributed by atoms with Gasteiger partial charge in [-0.15, -0.1) is 11.8 Å². The molecule has 2 aromatic carbocycles. The van der Waals surface area contributed by atoms with Gasteiger partial charge in [-0.25, -0.2) is 0 Å². The zero-order valence-electron chi connectivity index (χ0n) is 10.5. The van der Waals surface area contributed by atoms with Crippen LogP contribution in [-0.2, 0) is 0 Å². The lowest BCUT2D eigenvalue weighted by atomic mass is 10.0. The van der Waals surface area contributed by atoms with Gasteiger partial charge in [0.05, 0.1) is 0 Å². The molecule has 0 bridgehead atoms. The predicted octanol–water partition coefficient (Wildman–Crippen LogP) is 4.30. The van der Waals surface area contributed by atoms with Crippen molar-refractivity contribution < 1.29 is 0 Å². The Morgan fingerprint density at radius 1 is 1.17 bits per heavy atom. The Morgan fingerprint density at radius 3 is 2.94 bits per heavy atom. The Hall–Kier alpha value is -1.41. The lowest BCUT2D eigenvalue weighted by Crippen LogP contribution is -2.12. The zero-order valence-corrected chi connectivity index (χ0v) is 11.3. The quantitative estimate of drug-likeness (QED) is 0.877. The van der Waals surface area contributed by atoms with Crippen LogP contribution in [0.3, 0.4) is 0 Å². The molecule has 1 aliphatic rings. The van der Waals surface area contributed by atoms with Crippen molar-refractivity contribution in [2.24, 2.45) is 0 Å². The molecule has 92 valence electrons. The summed E-state index contributed by atoms with van der Waals surface area (Å²) in [5.41, 5.74) is 4.04. The molecule has 0 aliphatic carbocycles. The highest BCUT2D eigenvalue weighted by Gasteiger charge is 2.22. The monoisotopic (exact) mass is 255 g/mol. The number of thioether (sulfide) groups is 1. The van der Waals surface area contributed by atoms with Crippen molar-refractivity contribution in [3.8, 4) is 0 Å². The predicted molar refractivity (Wildman–Crippen MR) is 79.6 cm³/mol. The van der Waals surface area contributed by atoms with E-state index in [1.54, 1.807) is 0 Å². The molecule has 1 aliphatic heterocycles. The Balaban J connectivity index is 1.69. The number of benzene rings is 2. The molecule has 0 saturated carbocycles. The Morgan fingerprint density at radius 2 is 2.06 bits per heavy atom. The van der Waals surface area contributed by atoms with Gasteiger partial charge in [-0.05, 0) is 36.2 Å². The van der Waals surface area contributed by atoms with E-state index in [-0.39, 0.29) is 0 Å². The first-order chi connectivity index (χ1) is 8.83. The third kappa shape index (κ3) is 2.39. The van der Waals surface area contributed by atoms with Gasteiger partial charge in [-0.1, -0.05) is 30.3 Å². The van der Waals surface area contributed by atoms with Crippen LogP contribution < -0.4 is 5.32 Å². The minimum absolute atomic E-state index is 0.631. The van der Waals surface area contributed by atoms with E-state index in [1.165, 1.54) is 27.5 Å². The fraction of sp³-hybridized carbons (Fsp3) is 0.250. The van der Waals surface area contributed by atoms with Gasteiger partial charge in [0.15, 0.2) is 0 Å². The van der Waals surface area contributed by atoms with Crippen molar-refractivity contribution in [2.75, 3.05) is 17.6 Å². The lowest BCUT2D eigenvalue weighted by molar-refractivity contribution is 0.819. The van der Waals surface area contributed by atoms with E-state index in [0.29, 0.717) is 5.92 Å². The number of nitrogens with one attached hydrogen (secondary N) is 1. The summed E-state index contributed by atoms with van der Waals surface area (Å²) in [6.07, 6.45) is 0. The van der Waals surface area contributed by atoms with Crippen LogP contribution in [0.25, 0.3) is 0 Å². The summed E-state index contributed by atoms with van der Waals surface area (Å²) in [4.78, 5) is 1.45. The summed E-state index contributed by atoms with van der Waals surface area (Å²) in [5.74, 6) is 1.82. The summed E-state index contributed by atoms with van der Waals surface area (Å²) in [7, 11) is 0. The average molecular weight is 255 g/mol. The number of hydrogen-bond acceptors (Lipinski definition) is 2. The average Bonchev–Trinajstić information content (AvgIpc) is 2.80. The fourth-order valence-corrected chi connectivity index (χ4v) is 3.65. The molecule has 0 amide bonds. The van der Waals surface area contributed by atoms with Crippen molar-refractivity contribution in [3.05, 3.63) is 59.7 Å². The first kappa shape index (κ1) is 11.7. The first-order valence-corrected chi connectivity index (χ1v) is 7.34. The second kappa shape index (κ2) is 5.07. The van der Waals surface area contributed by atoms with Crippen LogP contribution in [0.2, 0.25) is 0 Å². The number of hydrogen-bond donors (Lipinski definition) is 1. The minimum atomic E-state index is 0.631. The van der Waals surface area contributed by atoms with Gasteiger partial charge in [0.1, 0.15) is 0 Å². The molecule has 1 nitrogen and oxygen atoms in total. The molecule has 0 aromatic heterocycles. The molecular formula is C16H17NS. The smallest absolute Gasteiger partial charge is 0.0343 e. The molecule has 1 N–H and O–H groups in total. The molecule has 3 rings (SSSR count). The van der Waals surface area contributed by atoms with Crippen LogP contribution >= 0.6 is 11.8 Å². The van der Waals surface area contributed by atoms with Gasteiger partial charge in [-0.2, -0.15) is 0 Å². The summed E-state index contributed by atoms with van der Waals surface area (Å²) >= 11 is 1.97. The van der Waals surface area contributed by atoms with Gasteiger partial charge >= 0.3 is 0 Å². The molecule has 0 saturated heterocycles. The fourth-order valence-electron chi connectivity index (χ4n) is 2.39. The summed E-state index contributed by atoms with van der Waals surface area (Å²) in [6.45, 7) is 3.15. The second-order valence-electron chi connectivity index (χ2n) is 4.80. The van der Waals surface area contributed by atoms with E-state index >= 15 is 0 Å². The van der Waals surface area contributed by atoms with Crippen molar-refractivity contribution in [1.29, 1.82) is 0 Å². The molecule has 1 unspecified atom stereocenters. The molecule has 1 atom stereocenters. The van der Waals surface area contributed by atoms with Crippen molar-refractivity contribution in [2.45, 2.75) is 17.7 Å². The number of aryl methyl sites for hydroxylation is 1. The first-order valence-electron chi connectivity index (χ1n) is 6.35. The summed E-state index contributed by atoms with van der Waals surface area (Å²) in [5, 5.41) is 3.55. The summed E-state index contributed by atoms with van der Waals surface area (Å²) in [6, 6.07) is 17.3. The zero-order chi connectivity index (χ0) is 12.4. The second-order valence-corrected chi connectivity index (χ2v) is 5.86. The molecule has 0 fully saturated rings. The maximum Gasteiger partial charge on any atom is 0.0343 e. The van der Waals surface area contributed by atoms with E-state index < -0.39 is 0 Å². The largest absolute Gasteiger partial charge is 0.384 e. The molecule has 0 radical (unpaired) electrons. The van der Waals surface area contributed by atoms with Gasteiger partial charge in [-0.3, -0.25) is 0 Å². The minimum Gasteiger partial charge on any atom is -0.384 e. The van der Waals surface area contributed by atoms with Crippen LogP contribution in [0, 0.1) is 6.92 Å². The van der Waals surface area contributed by atoms with Crippen LogP contribution in [-0.4, -0.2) is 12.3 Å². The van der Waals surface area contributed by atoms with Crippen molar-refractivity contribution >= 4 is 17.4 Å². The standard InChI is InChI=1S/C16H17NS/c1-12-5-4-6-14(9-12)17-10-13-11-18-16-8-3-2-7-15(13)16/h2-9,13,17H,10-11H2,1H3. The molecule has 2 aromatic rings. The summed E-state index contributed by atoms with van der Waals surface area (Å²) < 4.78 is 0. The normalized spacial score (nSPS) is 17.5. The number of rotatable bonds is 3. The maximum absolute atomic E-state index is 3.55. The topological polar surface area (TPSA) is 12.0 Å². The van der Waals surface area contributed by atoms with Crippen LogP contribution in [0.1, 0.15) is 17.0 Å². The van der Waals surface area contributed by atoms with Crippen LogP contribution in [0.5, 0.6) is 0 Å². The Kier molecular flexibility index (Phi) is 3.28. The third-order valence-corrected chi connectivity index (χ3v) is 4.62. The van der Waals surface area contributed by atoms with Crippen molar-refractivity contribution in [3.63, 3.8) is 0 Å². The van der Waals surface area contributed by atoms with Crippen LogP contribution in [0.4, 0.5) is 5.69 Å². The number of anilines is 1. The van der Waals surface area contributed by atoms with Gasteiger partial charge in [0.25, 0.3) is 0 Å². The highest BCUT2D eigenvalue weighted by molar-refractivity contribution is 7.99. The van der Waals surface area contributed by atoms with Gasteiger partial charge in [0, 0.05) is 28.8 Å². The van der Waals surface area contributed by atoms with E-state index in [9.17, 15) is 0 Å². The highest BCUT2D eigenvalue weighted by Crippen LogP contribution is 2.39. The molecule has 0 spiro atoms.